The molecule has 0 aromatic heterocycles. The molecular weight excluding hydrogens is 302 g/mol. The number of carboxylic acids is 1. The van der Waals surface area contributed by atoms with E-state index < -0.39 is 28.5 Å². The largest absolute Gasteiger partial charge is 0.481 e. The van der Waals surface area contributed by atoms with Crippen molar-refractivity contribution < 1.29 is 19.4 Å². The fourth-order valence-corrected chi connectivity index (χ4v) is 2.94. The van der Waals surface area contributed by atoms with E-state index in [0.29, 0.717) is 0 Å². The number of amides is 1. The number of hydrogen-bond donors (Lipinski definition) is 2. The summed E-state index contributed by atoms with van der Waals surface area (Å²) in [6.07, 6.45) is 3.04. The van der Waals surface area contributed by atoms with Crippen LogP contribution in [0.25, 0.3) is 0 Å². The smallest absolute Gasteiger partial charge is 0.407 e. The van der Waals surface area contributed by atoms with Gasteiger partial charge in [-0.05, 0) is 53.2 Å². The van der Waals surface area contributed by atoms with Gasteiger partial charge in [0.25, 0.3) is 0 Å². The molecule has 0 saturated heterocycles. The van der Waals surface area contributed by atoms with Crippen molar-refractivity contribution in [1.29, 1.82) is 0 Å². The first kappa shape index (κ1) is 20.8. The lowest BCUT2D eigenvalue weighted by Crippen LogP contribution is -2.50. The summed E-state index contributed by atoms with van der Waals surface area (Å²) in [6.45, 7) is 12.9. The van der Waals surface area contributed by atoms with E-state index in [1.807, 2.05) is 19.9 Å². The Morgan fingerprint density at radius 2 is 1.91 bits per heavy atom. The quantitative estimate of drug-likeness (QED) is 0.496. The molecule has 0 saturated carbocycles. The number of thioether (sulfide) groups is 1. The highest BCUT2D eigenvalue weighted by Crippen LogP contribution is 2.31. The number of allylic oxidation sites excluding steroid dienone is 1. The van der Waals surface area contributed by atoms with Gasteiger partial charge in [-0.3, -0.25) is 4.79 Å². The number of aliphatic carboxylic acids is 1. The van der Waals surface area contributed by atoms with Crippen LogP contribution >= 0.6 is 11.8 Å². The molecule has 1 atom stereocenters. The van der Waals surface area contributed by atoms with Crippen LogP contribution in [0.1, 0.15) is 53.9 Å². The van der Waals surface area contributed by atoms with Gasteiger partial charge < -0.3 is 15.2 Å². The molecule has 0 spiro atoms. The van der Waals surface area contributed by atoms with Gasteiger partial charge in [0.05, 0.1) is 12.5 Å². The highest BCUT2D eigenvalue weighted by atomic mass is 32.2. The fourth-order valence-electron chi connectivity index (χ4n) is 1.76. The molecule has 0 bridgehead atoms. The van der Waals surface area contributed by atoms with Gasteiger partial charge in [-0.25, -0.2) is 4.79 Å². The molecule has 128 valence electrons. The highest BCUT2D eigenvalue weighted by molar-refractivity contribution is 8.00. The molecule has 1 amide bonds. The van der Waals surface area contributed by atoms with Crippen molar-refractivity contribution in [2.45, 2.75) is 70.3 Å². The minimum Gasteiger partial charge on any atom is -0.481 e. The van der Waals surface area contributed by atoms with Gasteiger partial charge in [0, 0.05) is 4.75 Å². The first-order valence-electron chi connectivity index (χ1n) is 7.44. The lowest BCUT2D eigenvalue weighted by Gasteiger charge is -2.34. The standard InChI is InChI=1S/C16H29NO4S/c1-7-8-9-10-22-16(5,6)12(11-13(18)19)17-14(20)21-15(2,3)4/h7,12H,1,8-11H2,2-6H3,(H,17,20)(H,18,19)/t12-/m1/s1. The van der Waals surface area contributed by atoms with Gasteiger partial charge in [0.15, 0.2) is 0 Å². The molecule has 0 fully saturated rings. The molecule has 22 heavy (non-hydrogen) atoms. The second-order valence-corrected chi connectivity index (χ2v) is 8.43. The van der Waals surface area contributed by atoms with E-state index in [4.69, 9.17) is 9.84 Å². The number of carbonyl (C=O) groups excluding carboxylic acids is 1. The predicted molar refractivity (Wildman–Crippen MR) is 91.4 cm³/mol. The summed E-state index contributed by atoms with van der Waals surface area (Å²) in [5, 5.41) is 11.8. The van der Waals surface area contributed by atoms with E-state index in [1.54, 1.807) is 32.5 Å². The molecule has 0 aromatic rings. The normalized spacial score (nSPS) is 13.3. The number of rotatable bonds is 9. The molecule has 2 N–H and O–H groups in total. The van der Waals surface area contributed by atoms with Crippen molar-refractivity contribution in [3.63, 3.8) is 0 Å². The summed E-state index contributed by atoms with van der Waals surface area (Å²) in [5.74, 6) is -0.0636. The van der Waals surface area contributed by atoms with E-state index in [9.17, 15) is 9.59 Å². The highest BCUT2D eigenvalue weighted by Gasteiger charge is 2.34. The predicted octanol–water partition coefficient (Wildman–Crippen LogP) is 3.83. The Balaban J connectivity index is 4.75. The monoisotopic (exact) mass is 331 g/mol. The summed E-state index contributed by atoms with van der Waals surface area (Å²) < 4.78 is 4.82. The number of unbranched alkanes of at least 4 members (excludes halogenated alkanes) is 1. The van der Waals surface area contributed by atoms with Crippen LogP contribution in [0.4, 0.5) is 4.79 Å². The van der Waals surface area contributed by atoms with Crippen molar-refractivity contribution in [2.24, 2.45) is 0 Å². The maximum Gasteiger partial charge on any atom is 0.407 e. The molecule has 0 aliphatic carbocycles. The average Bonchev–Trinajstić information content (AvgIpc) is 2.31. The first-order valence-corrected chi connectivity index (χ1v) is 8.42. The lowest BCUT2D eigenvalue weighted by molar-refractivity contribution is -0.137. The Labute approximate surface area is 137 Å². The van der Waals surface area contributed by atoms with E-state index in [1.165, 1.54) is 0 Å². The summed E-state index contributed by atoms with van der Waals surface area (Å²) in [7, 11) is 0. The van der Waals surface area contributed by atoms with Crippen molar-refractivity contribution in [1.82, 2.24) is 5.32 Å². The zero-order chi connectivity index (χ0) is 17.4. The van der Waals surface area contributed by atoms with Crippen molar-refractivity contribution in [3.05, 3.63) is 12.7 Å². The second-order valence-electron chi connectivity index (χ2n) is 6.68. The van der Waals surface area contributed by atoms with Crippen LogP contribution < -0.4 is 5.32 Å². The van der Waals surface area contributed by atoms with E-state index in [-0.39, 0.29) is 6.42 Å². The lowest BCUT2D eigenvalue weighted by atomic mass is 10.00. The van der Waals surface area contributed by atoms with Crippen LogP contribution in [0, 0.1) is 0 Å². The van der Waals surface area contributed by atoms with Crippen LogP contribution in [-0.2, 0) is 9.53 Å². The Hall–Kier alpha value is -1.17. The van der Waals surface area contributed by atoms with Gasteiger partial charge in [0.1, 0.15) is 5.60 Å². The van der Waals surface area contributed by atoms with Crippen LogP contribution in [0.15, 0.2) is 12.7 Å². The van der Waals surface area contributed by atoms with Gasteiger partial charge in [-0.2, -0.15) is 11.8 Å². The summed E-state index contributed by atoms with van der Waals surface area (Å²) in [4.78, 5) is 23.0. The Morgan fingerprint density at radius 3 is 2.36 bits per heavy atom. The maximum atomic E-state index is 11.9. The molecular formula is C16H29NO4S. The van der Waals surface area contributed by atoms with Crippen molar-refractivity contribution >= 4 is 23.8 Å². The van der Waals surface area contributed by atoms with E-state index in [2.05, 4.69) is 11.9 Å². The maximum absolute atomic E-state index is 11.9. The number of ether oxygens (including phenoxy) is 1. The molecule has 0 unspecified atom stereocenters. The number of hydrogen-bond acceptors (Lipinski definition) is 4. The summed E-state index contributed by atoms with van der Waals surface area (Å²) >= 11 is 1.65. The Morgan fingerprint density at radius 1 is 1.32 bits per heavy atom. The molecule has 0 heterocycles. The number of carbonyl (C=O) groups is 2. The number of carboxylic acid groups (broad SMARTS) is 1. The Kier molecular flexibility index (Phi) is 8.60. The minimum absolute atomic E-state index is 0.138. The van der Waals surface area contributed by atoms with Gasteiger partial charge in [-0.1, -0.05) is 6.08 Å². The molecule has 0 radical (unpaired) electrons. The number of nitrogens with one attached hydrogen (secondary N) is 1. The average molecular weight is 331 g/mol. The second kappa shape index (κ2) is 9.08. The Bertz CT molecular complexity index is 388. The molecule has 0 rings (SSSR count). The zero-order valence-corrected chi connectivity index (χ0v) is 15.1. The van der Waals surface area contributed by atoms with Crippen LogP contribution in [0.3, 0.4) is 0 Å². The van der Waals surface area contributed by atoms with Crippen molar-refractivity contribution in [3.8, 4) is 0 Å². The molecule has 5 nitrogen and oxygen atoms in total. The van der Waals surface area contributed by atoms with Crippen LogP contribution in [0.2, 0.25) is 0 Å². The minimum atomic E-state index is -0.944. The SMILES string of the molecule is C=CCCCSC(C)(C)[C@@H](CC(=O)O)NC(=O)OC(C)(C)C. The topological polar surface area (TPSA) is 75.6 Å². The van der Waals surface area contributed by atoms with Gasteiger partial charge >= 0.3 is 12.1 Å². The summed E-state index contributed by atoms with van der Waals surface area (Å²) in [6, 6.07) is -0.506. The third-order valence-electron chi connectivity index (χ3n) is 2.94. The third kappa shape index (κ3) is 9.71. The third-order valence-corrected chi connectivity index (χ3v) is 4.46. The molecule has 0 aromatic carbocycles. The molecule has 0 aliphatic heterocycles. The zero-order valence-electron chi connectivity index (χ0n) is 14.3. The van der Waals surface area contributed by atoms with Gasteiger partial charge in [0.2, 0.25) is 0 Å². The van der Waals surface area contributed by atoms with Crippen LogP contribution in [0.5, 0.6) is 0 Å². The van der Waals surface area contributed by atoms with E-state index in [0.717, 1.165) is 18.6 Å². The fraction of sp³-hybridized carbons (Fsp3) is 0.750. The molecule has 0 aliphatic rings. The number of alkyl carbamates (subject to hydrolysis) is 1. The van der Waals surface area contributed by atoms with E-state index >= 15 is 0 Å². The first-order chi connectivity index (χ1) is 9.98. The van der Waals surface area contributed by atoms with Crippen molar-refractivity contribution in [2.75, 3.05) is 5.75 Å². The summed E-state index contributed by atoms with van der Waals surface area (Å²) in [5.41, 5.74) is -0.612. The van der Waals surface area contributed by atoms with Crippen LogP contribution in [-0.4, -0.2) is 39.3 Å². The molecule has 6 heteroatoms. The van der Waals surface area contributed by atoms with Gasteiger partial charge in [-0.15, -0.1) is 6.58 Å².